The van der Waals surface area contributed by atoms with Crippen molar-refractivity contribution in [3.63, 3.8) is 0 Å². The van der Waals surface area contributed by atoms with Gasteiger partial charge in [-0.25, -0.2) is 4.39 Å². The van der Waals surface area contributed by atoms with Crippen LogP contribution in [0.4, 0.5) is 4.39 Å². The van der Waals surface area contributed by atoms with Gasteiger partial charge in [0, 0.05) is 31.2 Å². The maximum absolute atomic E-state index is 13.5. The standard InChI is InChI=1S/C16H23FN2O2.ClH/c1-21-10-13-7-11(5-6-15(13)17)9-19-16(20)12-3-2-4-14(18)8-12;/h5-7,12,14H,2-4,8-10,18H2,1H3,(H,19,20);1H. The highest BCUT2D eigenvalue weighted by atomic mass is 35.5. The summed E-state index contributed by atoms with van der Waals surface area (Å²) in [6.45, 7) is 0.632. The van der Waals surface area contributed by atoms with Crippen molar-refractivity contribution >= 4 is 18.3 Å². The van der Waals surface area contributed by atoms with Crippen LogP contribution in [0.5, 0.6) is 0 Å². The van der Waals surface area contributed by atoms with Crippen LogP contribution in [-0.4, -0.2) is 19.1 Å². The Kier molecular flexibility index (Phi) is 7.79. The fourth-order valence-corrected chi connectivity index (χ4v) is 2.80. The van der Waals surface area contributed by atoms with E-state index >= 15 is 0 Å². The van der Waals surface area contributed by atoms with Gasteiger partial charge in [-0.2, -0.15) is 0 Å². The molecule has 0 aromatic heterocycles. The number of hydrogen-bond donors (Lipinski definition) is 2. The van der Waals surface area contributed by atoms with Gasteiger partial charge in [-0.1, -0.05) is 12.5 Å². The van der Waals surface area contributed by atoms with Crippen LogP contribution in [0.3, 0.4) is 0 Å². The van der Waals surface area contributed by atoms with Gasteiger partial charge in [-0.3, -0.25) is 4.79 Å². The number of rotatable bonds is 5. The fourth-order valence-electron chi connectivity index (χ4n) is 2.80. The van der Waals surface area contributed by atoms with Crippen LogP contribution in [0.1, 0.15) is 36.8 Å². The third-order valence-electron chi connectivity index (χ3n) is 3.96. The first-order valence-electron chi connectivity index (χ1n) is 7.39. The Morgan fingerprint density at radius 3 is 2.91 bits per heavy atom. The van der Waals surface area contributed by atoms with Crippen molar-refractivity contribution in [3.8, 4) is 0 Å². The molecule has 0 saturated heterocycles. The van der Waals surface area contributed by atoms with Crippen molar-refractivity contribution in [3.05, 3.63) is 35.1 Å². The zero-order chi connectivity index (χ0) is 15.2. The topological polar surface area (TPSA) is 64.3 Å². The highest BCUT2D eigenvalue weighted by Gasteiger charge is 2.24. The summed E-state index contributed by atoms with van der Waals surface area (Å²) in [4.78, 5) is 12.1. The van der Waals surface area contributed by atoms with Crippen molar-refractivity contribution in [1.82, 2.24) is 5.32 Å². The lowest BCUT2D eigenvalue weighted by Gasteiger charge is -2.25. The molecule has 4 nitrogen and oxygen atoms in total. The van der Waals surface area contributed by atoms with Crippen molar-refractivity contribution in [2.45, 2.75) is 44.9 Å². The number of ether oxygens (including phenoxy) is 1. The quantitative estimate of drug-likeness (QED) is 0.872. The van der Waals surface area contributed by atoms with E-state index in [-0.39, 0.29) is 42.7 Å². The lowest BCUT2D eigenvalue weighted by Crippen LogP contribution is -2.37. The molecule has 22 heavy (non-hydrogen) atoms. The minimum atomic E-state index is -0.287. The molecular formula is C16H24ClFN2O2. The smallest absolute Gasteiger partial charge is 0.223 e. The first-order valence-corrected chi connectivity index (χ1v) is 7.39. The number of carbonyl (C=O) groups excluding carboxylic acids is 1. The van der Waals surface area contributed by atoms with E-state index in [1.165, 1.54) is 13.2 Å². The highest BCUT2D eigenvalue weighted by Crippen LogP contribution is 2.23. The van der Waals surface area contributed by atoms with Crippen LogP contribution in [0.25, 0.3) is 0 Å². The molecule has 0 heterocycles. The van der Waals surface area contributed by atoms with Gasteiger partial charge in [0.2, 0.25) is 5.91 Å². The van der Waals surface area contributed by atoms with Crippen molar-refractivity contribution in [2.24, 2.45) is 11.7 Å². The Balaban J connectivity index is 0.00000242. The molecule has 1 aromatic rings. The van der Waals surface area contributed by atoms with E-state index in [2.05, 4.69) is 5.32 Å². The van der Waals surface area contributed by atoms with E-state index in [1.807, 2.05) is 0 Å². The molecule has 2 atom stereocenters. The third-order valence-corrected chi connectivity index (χ3v) is 3.96. The summed E-state index contributed by atoms with van der Waals surface area (Å²) >= 11 is 0. The highest BCUT2D eigenvalue weighted by molar-refractivity contribution is 5.85. The summed E-state index contributed by atoms with van der Waals surface area (Å²) < 4.78 is 18.5. The molecule has 3 N–H and O–H groups in total. The monoisotopic (exact) mass is 330 g/mol. The van der Waals surface area contributed by atoms with Crippen molar-refractivity contribution in [1.29, 1.82) is 0 Å². The summed E-state index contributed by atoms with van der Waals surface area (Å²) in [6, 6.07) is 4.95. The minimum absolute atomic E-state index is 0. The Labute approximate surface area is 137 Å². The molecule has 0 aliphatic heterocycles. The second kappa shape index (κ2) is 9.08. The summed E-state index contributed by atoms with van der Waals surface area (Å²) in [5.41, 5.74) is 7.28. The van der Waals surface area contributed by atoms with Gasteiger partial charge in [-0.05, 0) is 37.0 Å². The number of hydrogen-bond acceptors (Lipinski definition) is 3. The number of carbonyl (C=O) groups is 1. The van der Waals surface area contributed by atoms with E-state index in [0.29, 0.717) is 12.1 Å². The molecule has 1 aliphatic rings. The van der Waals surface area contributed by atoms with Crippen molar-refractivity contribution in [2.75, 3.05) is 7.11 Å². The normalized spacial score (nSPS) is 21.0. The van der Waals surface area contributed by atoms with E-state index in [4.69, 9.17) is 10.5 Å². The number of benzene rings is 1. The van der Waals surface area contributed by atoms with Crippen LogP contribution >= 0.6 is 12.4 Å². The van der Waals surface area contributed by atoms with Crippen LogP contribution in [0, 0.1) is 11.7 Å². The molecule has 124 valence electrons. The molecule has 2 rings (SSSR count). The molecule has 0 radical (unpaired) electrons. The molecule has 1 fully saturated rings. The van der Waals surface area contributed by atoms with E-state index < -0.39 is 0 Å². The summed E-state index contributed by atoms with van der Waals surface area (Å²) in [7, 11) is 1.53. The molecule has 2 unspecified atom stereocenters. The SMILES string of the molecule is COCc1cc(CNC(=O)C2CCCC(N)C2)ccc1F.Cl. The number of amides is 1. The van der Waals surface area contributed by atoms with Gasteiger partial charge in [-0.15, -0.1) is 12.4 Å². The fraction of sp³-hybridized carbons (Fsp3) is 0.562. The number of methoxy groups -OCH3 is 1. The molecule has 6 heteroatoms. The lowest BCUT2D eigenvalue weighted by atomic mass is 9.85. The van der Waals surface area contributed by atoms with Crippen LogP contribution in [0.15, 0.2) is 18.2 Å². The Morgan fingerprint density at radius 1 is 1.45 bits per heavy atom. The summed E-state index contributed by atoms with van der Waals surface area (Å²) in [6.07, 6.45) is 3.66. The largest absolute Gasteiger partial charge is 0.380 e. The van der Waals surface area contributed by atoms with Gasteiger partial charge >= 0.3 is 0 Å². The second-order valence-electron chi connectivity index (χ2n) is 5.70. The molecule has 1 amide bonds. The van der Waals surface area contributed by atoms with Gasteiger partial charge < -0.3 is 15.8 Å². The molecule has 1 saturated carbocycles. The summed E-state index contributed by atoms with van der Waals surface area (Å²) in [5, 5.41) is 2.92. The molecule has 1 aliphatic carbocycles. The zero-order valence-electron chi connectivity index (χ0n) is 12.8. The second-order valence-corrected chi connectivity index (χ2v) is 5.70. The predicted octanol–water partition coefficient (Wildman–Crippen LogP) is 2.53. The average molecular weight is 331 g/mol. The van der Waals surface area contributed by atoms with E-state index in [9.17, 15) is 9.18 Å². The van der Waals surface area contributed by atoms with Gasteiger partial charge in [0.05, 0.1) is 6.61 Å². The average Bonchev–Trinajstić information content (AvgIpc) is 2.48. The number of halogens is 2. The van der Waals surface area contributed by atoms with Crippen molar-refractivity contribution < 1.29 is 13.9 Å². The number of nitrogens with one attached hydrogen (secondary N) is 1. The lowest BCUT2D eigenvalue weighted by molar-refractivity contribution is -0.126. The Hall–Kier alpha value is -1.17. The molecule has 0 bridgehead atoms. The van der Waals surface area contributed by atoms with Crippen LogP contribution < -0.4 is 11.1 Å². The van der Waals surface area contributed by atoms with E-state index in [1.54, 1.807) is 12.1 Å². The number of nitrogens with two attached hydrogens (primary N) is 1. The minimum Gasteiger partial charge on any atom is -0.380 e. The van der Waals surface area contributed by atoms with Gasteiger partial charge in [0.1, 0.15) is 5.82 Å². The van der Waals surface area contributed by atoms with Crippen LogP contribution in [-0.2, 0) is 22.7 Å². The Morgan fingerprint density at radius 2 is 2.23 bits per heavy atom. The van der Waals surface area contributed by atoms with Gasteiger partial charge in [0.25, 0.3) is 0 Å². The third kappa shape index (κ3) is 5.23. The first-order chi connectivity index (χ1) is 10.1. The maximum atomic E-state index is 13.5. The Bertz CT molecular complexity index is 499. The van der Waals surface area contributed by atoms with Gasteiger partial charge in [0.15, 0.2) is 0 Å². The molecule has 0 spiro atoms. The molecular weight excluding hydrogens is 307 g/mol. The van der Waals surface area contributed by atoms with Crippen LogP contribution in [0.2, 0.25) is 0 Å². The first kappa shape index (κ1) is 18.9. The predicted molar refractivity (Wildman–Crippen MR) is 86.1 cm³/mol. The zero-order valence-corrected chi connectivity index (χ0v) is 13.6. The van der Waals surface area contributed by atoms with E-state index in [0.717, 1.165) is 31.2 Å². The molecule has 1 aromatic carbocycles. The summed E-state index contributed by atoms with van der Waals surface area (Å²) in [5.74, 6) is -0.236. The maximum Gasteiger partial charge on any atom is 0.223 e.